The lowest BCUT2D eigenvalue weighted by Gasteiger charge is -2.36. The van der Waals surface area contributed by atoms with Crippen molar-refractivity contribution < 1.29 is 32.3 Å². The van der Waals surface area contributed by atoms with Gasteiger partial charge >= 0.3 is 6.18 Å². The quantitative estimate of drug-likeness (QED) is 0.217. The Morgan fingerprint density at radius 3 is 2.54 bits per heavy atom. The summed E-state index contributed by atoms with van der Waals surface area (Å²) >= 11 is 0. The van der Waals surface area contributed by atoms with E-state index in [1.165, 1.54) is 34.1 Å². The van der Waals surface area contributed by atoms with Gasteiger partial charge in [0.25, 0.3) is 5.91 Å². The van der Waals surface area contributed by atoms with Crippen LogP contribution in [0.5, 0.6) is 0 Å². The number of hydrogen-bond acceptors (Lipinski definition) is 8. The number of carbonyl (C=O) groups excluding carboxylic acids is 2. The molecule has 2 aliphatic rings. The van der Waals surface area contributed by atoms with E-state index >= 15 is 4.39 Å². The second-order valence-corrected chi connectivity index (χ2v) is 11.1. The van der Waals surface area contributed by atoms with Crippen LogP contribution in [0.4, 0.5) is 29.1 Å². The number of terminal acetylenes is 1. The van der Waals surface area contributed by atoms with Gasteiger partial charge in [-0.05, 0) is 37.5 Å². The molecule has 2 amide bonds. The Morgan fingerprint density at radius 1 is 1.15 bits per heavy atom. The van der Waals surface area contributed by atoms with E-state index in [1.807, 2.05) is 0 Å². The Morgan fingerprint density at radius 2 is 1.89 bits per heavy atom. The fourth-order valence-corrected chi connectivity index (χ4v) is 5.85. The molecule has 16 heteroatoms. The topological polar surface area (TPSA) is 133 Å². The maximum absolute atomic E-state index is 15.5. The standard InChI is InChI=1S/C30H29F4N9O3/c1-3-7-42-16-19(25(39-42)30(32,33)34)22-15-36-27-26(35-6-8-43(22)27)37-18-13-17(2)24(20(31)14-18)29(46)41-11-9-40(10-12-41)28(45)21-4-5-23(44)38-21/h1,6,8,13-16,21,23,38,44H,4-5,7,9-12H2,2H3,(H,35,37)/t21-,23+/m1/s1. The van der Waals surface area contributed by atoms with Gasteiger partial charge in [0.15, 0.2) is 17.2 Å². The lowest BCUT2D eigenvalue weighted by Crippen LogP contribution is -2.54. The molecule has 2 saturated heterocycles. The van der Waals surface area contributed by atoms with E-state index in [2.05, 4.69) is 31.6 Å². The molecule has 0 bridgehead atoms. The highest BCUT2D eigenvalue weighted by Crippen LogP contribution is 2.37. The number of fused-ring (bicyclic) bond motifs is 1. The molecular formula is C30H29F4N9O3. The molecule has 3 N–H and O–H groups in total. The van der Waals surface area contributed by atoms with E-state index in [1.54, 1.807) is 17.9 Å². The number of halogens is 4. The largest absolute Gasteiger partial charge is 0.435 e. The van der Waals surface area contributed by atoms with Crippen LogP contribution >= 0.6 is 0 Å². The Bertz CT molecular complexity index is 1830. The van der Waals surface area contributed by atoms with Crippen LogP contribution in [0.1, 0.15) is 34.5 Å². The monoisotopic (exact) mass is 639 g/mol. The summed E-state index contributed by atoms with van der Waals surface area (Å²) in [5.74, 6) is 0.989. The third kappa shape index (κ3) is 5.86. The SMILES string of the molecule is C#CCn1cc(-c2cnc3c(Nc4cc(C)c(C(=O)N5CCN(C(=O)[C@H]6CC[C@H](O)N6)CC5)c(F)c4)nccn23)c(C(F)(F)F)n1. The number of rotatable bonds is 6. The van der Waals surface area contributed by atoms with Gasteiger partial charge in [-0.2, -0.15) is 18.3 Å². The van der Waals surface area contributed by atoms with Crippen LogP contribution in [0.15, 0.2) is 36.9 Å². The molecule has 0 spiro atoms. The summed E-state index contributed by atoms with van der Waals surface area (Å²) in [7, 11) is 0. The number of aromatic nitrogens is 5. The van der Waals surface area contributed by atoms with Gasteiger partial charge in [-0.3, -0.25) is 24.0 Å². The first-order valence-corrected chi connectivity index (χ1v) is 14.4. The summed E-state index contributed by atoms with van der Waals surface area (Å²) in [4.78, 5) is 37.7. The predicted molar refractivity (Wildman–Crippen MR) is 157 cm³/mol. The number of anilines is 2. The smallest absolute Gasteiger partial charge is 0.379 e. The zero-order chi connectivity index (χ0) is 32.7. The molecule has 0 aliphatic carbocycles. The molecule has 0 saturated carbocycles. The highest BCUT2D eigenvalue weighted by Gasteiger charge is 2.38. The Kier molecular flexibility index (Phi) is 8.13. The van der Waals surface area contributed by atoms with Gasteiger partial charge in [-0.15, -0.1) is 6.42 Å². The van der Waals surface area contributed by atoms with Crippen molar-refractivity contribution >= 4 is 29.0 Å². The summed E-state index contributed by atoms with van der Waals surface area (Å²) in [6, 6.07) is 2.24. The lowest BCUT2D eigenvalue weighted by molar-refractivity contribution is -0.141. The van der Waals surface area contributed by atoms with E-state index < -0.39 is 35.9 Å². The normalized spacial score (nSPS) is 18.6. The molecule has 0 radical (unpaired) electrons. The van der Waals surface area contributed by atoms with Gasteiger partial charge in [0, 0.05) is 50.5 Å². The second kappa shape index (κ2) is 12.1. The Balaban J connectivity index is 1.20. The number of carbonyl (C=O) groups is 2. The summed E-state index contributed by atoms with van der Waals surface area (Å²) in [6.45, 7) is 2.46. The van der Waals surface area contributed by atoms with Crippen molar-refractivity contribution in [2.24, 2.45) is 0 Å². The van der Waals surface area contributed by atoms with Crippen LogP contribution in [0, 0.1) is 25.1 Å². The van der Waals surface area contributed by atoms with E-state index in [0.29, 0.717) is 18.4 Å². The maximum atomic E-state index is 15.5. The molecule has 4 aromatic rings. The summed E-state index contributed by atoms with van der Waals surface area (Å²) in [6.07, 6.45) is 6.09. The van der Waals surface area contributed by atoms with Crippen LogP contribution in [0.25, 0.3) is 16.9 Å². The minimum Gasteiger partial charge on any atom is -0.379 e. The van der Waals surface area contributed by atoms with E-state index in [-0.39, 0.29) is 72.6 Å². The van der Waals surface area contributed by atoms with Crippen molar-refractivity contribution in [2.45, 2.75) is 44.8 Å². The molecule has 2 fully saturated rings. The number of amides is 2. The van der Waals surface area contributed by atoms with Crippen molar-refractivity contribution in [1.29, 1.82) is 0 Å². The number of nitrogens with one attached hydrogen (secondary N) is 2. The number of aliphatic hydroxyl groups excluding tert-OH is 1. The van der Waals surface area contributed by atoms with E-state index in [9.17, 15) is 27.9 Å². The highest BCUT2D eigenvalue weighted by molar-refractivity contribution is 5.97. The number of piperazine rings is 1. The highest BCUT2D eigenvalue weighted by atomic mass is 19.4. The molecule has 12 nitrogen and oxygen atoms in total. The number of aryl methyl sites for hydroxylation is 1. The third-order valence-electron chi connectivity index (χ3n) is 8.05. The zero-order valence-corrected chi connectivity index (χ0v) is 24.6. The number of hydrogen-bond donors (Lipinski definition) is 3. The first kappa shape index (κ1) is 31.0. The molecule has 6 rings (SSSR count). The van der Waals surface area contributed by atoms with Gasteiger partial charge < -0.3 is 20.2 Å². The fourth-order valence-electron chi connectivity index (χ4n) is 5.85. The molecule has 1 aromatic carbocycles. The number of aliphatic hydroxyl groups is 1. The first-order chi connectivity index (χ1) is 21.9. The predicted octanol–water partition coefficient (Wildman–Crippen LogP) is 2.79. The molecular weight excluding hydrogens is 610 g/mol. The van der Waals surface area contributed by atoms with Gasteiger partial charge in [0.05, 0.1) is 29.1 Å². The average molecular weight is 640 g/mol. The van der Waals surface area contributed by atoms with Crippen LogP contribution in [0.3, 0.4) is 0 Å². The van der Waals surface area contributed by atoms with E-state index in [4.69, 9.17) is 6.42 Å². The van der Waals surface area contributed by atoms with Gasteiger partial charge in [0.2, 0.25) is 5.91 Å². The summed E-state index contributed by atoms with van der Waals surface area (Å²) in [5, 5.41) is 19.1. The van der Waals surface area contributed by atoms with Crippen molar-refractivity contribution in [3.8, 4) is 23.6 Å². The summed E-state index contributed by atoms with van der Waals surface area (Å²) in [5.41, 5.74) is -0.590. The van der Waals surface area contributed by atoms with Gasteiger partial charge in [-0.1, -0.05) is 5.92 Å². The van der Waals surface area contributed by atoms with Gasteiger partial charge in [-0.25, -0.2) is 14.4 Å². The van der Waals surface area contributed by atoms with Crippen LogP contribution in [-0.2, 0) is 17.5 Å². The fraction of sp³-hybridized carbons (Fsp3) is 0.367. The number of alkyl halides is 3. The number of imidazole rings is 1. The van der Waals surface area contributed by atoms with Crippen molar-refractivity contribution in [2.75, 3.05) is 31.5 Å². The molecule has 240 valence electrons. The molecule has 2 atom stereocenters. The van der Waals surface area contributed by atoms with Crippen LogP contribution in [0.2, 0.25) is 0 Å². The third-order valence-corrected chi connectivity index (χ3v) is 8.05. The summed E-state index contributed by atoms with van der Waals surface area (Å²) < 4.78 is 59.3. The van der Waals surface area contributed by atoms with Gasteiger partial charge in [0.1, 0.15) is 18.6 Å². The van der Waals surface area contributed by atoms with Crippen LogP contribution in [-0.4, -0.2) is 89.3 Å². The van der Waals surface area contributed by atoms with Crippen molar-refractivity contribution in [3.05, 3.63) is 59.6 Å². The van der Waals surface area contributed by atoms with Crippen molar-refractivity contribution in [3.63, 3.8) is 0 Å². The minimum absolute atomic E-state index is 0.0956. The zero-order valence-electron chi connectivity index (χ0n) is 24.6. The molecule has 0 unspecified atom stereocenters. The maximum Gasteiger partial charge on any atom is 0.435 e. The average Bonchev–Trinajstić information content (AvgIpc) is 3.75. The second-order valence-electron chi connectivity index (χ2n) is 11.1. The lowest BCUT2D eigenvalue weighted by atomic mass is 10.0. The Labute approximate surface area is 260 Å². The first-order valence-electron chi connectivity index (χ1n) is 14.4. The van der Waals surface area contributed by atoms with Crippen LogP contribution < -0.4 is 10.6 Å². The number of nitrogens with zero attached hydrogens (tertiary/aromatic N) is 7. The molecule has 2 aliphatic heterocycles. The minimum atomic E-state index is -4.75. The van der Waals surface area contributed by atoms with Crippen molar-refractivity contribution in [1.82, 2.24) is 39.3 Å². The molecule has 46 heavy (non-hydrogen) atoms. The molecule has 5 heterocycles. The number of benzene rings is 1. The van der Waals surface area contributed by atoms with E-state index in [0.717, 1.165) is 10.7 Å². The Hall–Kier alpha value is -5.01. The molecule has 3 aromatic heterocycles.